The van der Waals surface area contributed by atoms with E-state index in [9.17, 15) is 36.3 Å². The highest BCUT2D eigenvalue weighted by atomic mass is 35.5. The standard InChI is InChI=1S/C26H30ClF3N2O7S/c1-25(2,3)39-24(35)31-10-8-17(9-11-31)16-38-20-13-18(26(28,29)30)12-19(14-20)32(15-23(33)34)40(36,37)22-7-5-4-6-21(22)27/h4-7,12-14,17H,8-11,15-16H2,1-3H3,(H,33,34). The number of sulfonamides is 1. The lowest BCUT2D eigenvalue weighted by Crippen LogP contribution is -2.42. The van der Waals surface area contributed by atoms with E-state index in [1.807, 2.05) is 0 Å². The van der Waals surface area contributed by atoms with Crippen LogP contribution in [0.1, 0.15) is 39.2 Å². The summed E-state index contributed by atoms with van der Waals surface area (Å²) in [5, 5.41) is 9.17. The molecule has 220 valence electrons. The van der Waals surface area contributed by atoms with Gasteiger partial charge in [-0.1, -0.05) is 23.7 Å². The van der Waals surface area contributed by atoms with Gasteiger partial charge in [-0.25, -0.2) is 13.2 Å². The monoisotopic (exact) mass is 606 g/mol. The Morgan fingerprint density at radius 2 is 1.73 bits per heavy atom. The number of aliphatic carboxylic acids is 1. The third-order valence-corrected chi connectivity index (χ3v) is 8.22. The second-order valence-corrected chi connectivity index (χ2v) is 12.5. The van der Waals surface area contributed by atoms with E-state index in [-0.39, 0.29) is 23.3 Å². The second kappa shape index (κ2) is 12.1. The number of amides is 1. The first-order chi connectivity index (χ1) is 18.5. The molecule has 1 saturated heterocycles. The van der Waals surface area contributed by atoms with Gasteiger partial charge in [0.15, 0.2) is 0 Å². The van der Waals surface area contributed by atoms with E-state index in [4.69, 9.17) is 21.1 Å². The van der Waals surface area contributed by atoms with E-state index in [1.165, 1.54) is 18.2 Å². The molecule has 0 radical (unpaired) electrons. The first-order valence-electron chi connectivity index (χ1n) is 12.3. The molecule has 0 aromatic heterocycles. The summed E-state index contributed by atoms with van der Waals surface area (Å²) in [6, 6.07) is 7.51. The summed E-state index contributed by atoms with van der Waals surface area (Å²) in [6.45, 7) is 4.86. The number of carbonyl (C=O) groups is 2. The van der Waals surface area contributed by atoms with Crippen LogP contribution >= 0.6 is 11.6 Å². The molecule has 2 aromatic rings. The summed E-state index contributed by atoms with van der Waals surface area (Å²) in [5.74, 6) is -1.98. The second-order valence-electron chi connectivity index (χ2n) is 10.3. The number of benzene rings is 2. The number of carboxylic acids is 1. The third-order valence-electron chi connectivity index (χ3n) is 5.94. The van der Waals surface area contributed by atoms with Gasteiger partial charge in [-0.3, -0.25) is 9.10 Å². The molecule has 0 atom stereocenters. The average molecular weight is 607 g/mol. The fourth-order valence-electron chi connectivity index (χ4n) is 4.01. The SMILES string of the molecule is CC(C)(C)OC(=O)N1CCC(COc2cc(N(CC(=O)O)S(=O)(=O)c3ccccc3Cl)cc(C(F)(F)F)c2)CC1. The molecule has 1 N–H and O–H groups in total. The topological polar surface area (TPSA) is 113 Å². The number of hydrogen-bond donors (Lipinski definition) is 1. The Morgan fingerprint density at radius 1 is 1.10 bits per heavy atom. The van der Waals surface area contributed by atoms with Gasteiger partial charge in [0.1, 0.15) is 22.8 Å². The fourth-order valence-corrected chi connectivity index (χ4v) is 5.90. The summed E-state index contributed by atoms with van der Waals surface area (Å²) in [4.78, 5) is 24.9. The van der Waals surface area contributed by atoms with Crippen LogP contribution in [0.5, 0.6) is 5.75 Å². The molecule has 14 heteroatoms. The van der Waals surface area contributed by atoms with Crippen molar-refractivity contribution in [2.24, 2.45) is 5.92 Å². The lowest BCUT2D eigenvalue weighted by Gasteiger charge is -2.33. The summed E-state index contributed by atoms with van der Waals surface area (Å²) in [7, 11) is -4.67. The quantitative estimate of drug-likeness (QED) is 0.412. The predicted molar refractivity (Wildman–Crippen MR) is 141 cm³/mol. The molecule has 0 spiro atoms. The number of hydrogen-bond acceptors (Lipinski definition) is 6. The number of anilines is 1. The molecular formula is C26H30ClF3N2O7S. The summed E-state index contributed by atoms with van der Waals surface area (Å²) in [5.41, 5.74) is -2.41. The Hall–Kier alpha value is -3.19. The van der Waals surface area contributed by atoms with Gasteiger partial charge in [0.25, 0.3) is 10.0 Å². The fraction of sp³-hybridized carbons (Fsp3) is 0.462. The van der Waals surface area contributed by atoms with Crippen LogP contribution in [0.3, 0.4) is 0 Å². The van der Waals surface area contributed by atoms with Crippen LogP contribution in [0.4, 0.5) is 23.7 Å². The van der Waals surface area contributed by atoms with Crippen molar-refractivity contribution < 1.29 is 45.8 Å². The number of likely N-dealkylation sites (tertiary alicyclic amines) is 1. The lowest BCUT2D eigenvalue weighted by atomic mass is 9.98. The molecule has 9 nitrogen and oxygen atoms in total. The zero-order valence-corrected chi connectivity index (χ0v) is 23.6. The van der Waals surface area contributed by atoms with Gasteiger partial charge >= 0.3 is 18.2 Å². The lowest BCUT2D eigenvalue weighted by molar-refractivity contribution is -0.137. The van der Waals surface area contributed by atoms with Crippen molar-refractivity contribution in [2.75, 3.05) is 30.5 Å². The number of alkyl halides is 3. The number of carboxylic acid groups (broad SMARTS) is 1. The van der Waals surface area contributed by atoms with Crippen LogP contribution in [-0.2, 0) is 25.7 Å². The Bertz CT molecular complexity index is 1340. The number of halogens is 4. The Kier molecular flexibility index (Phi) is 9.50. The molecule has 0 unspecified atom stereocenters. The molecule has 1 amide bonds. The van der Waals surface area contributed by atoms with Crippen LogP contribution in [-0.4, -0.2) is 62.3 Å². The highest BCUT2D eigenvalue weighted by Gasteiger charge is 2.35. The van der Waals surface area contributed by atoms with Crippen LogP contribution in [0.2, 0.25) is 5.02 Å². The molecule has 0 bridgehead atoms. The van der Waals surface area contributed by atoms with Gasteiger partial charge in [-0.15, -0.1) is 0 Å². The molecule has 40 heavy (non-hydrogen) atoms. The van der Waals surface area contributed by atoms with E-state index < -0.39 is 56.6 Å². The number of piperidine rings is 1. The molecule has 1 aliphatic rings. The Balaban J connectivity index is 1.85. The first kappa shape index (κ1) is 31.3. The highest BCUT2D eigenvalue weighted by Crippen LogP contribution is 2.38. The summed E-state index contributed by atoms with van der Waals surface area (Å²) >= 11 is 6.02. The van der Waals surface area contributed by atoms with Crippen molar-refractivity contribution in [1.82, 2.24) is 4.90 Å². The molecule has 3 rings (SSSR count). The van der Waals surface area contributed by atoms with E-state index in [0.29, 0.717) is 36.3 Å². The van der Waals surface area contributed by atoms with Gasteiger partial charge in [0, 0.05) is 19.2 Å². The highest BCUT2D eigenvalue weighted by molar-refractivity contribution is 7.93. The zero-order valence-electron chi connectivity index (χ0n) is 22.1. The van der Waals surface area contributed by atoms with E-state index in [0.717, 1.165) is 18.2 Å². The van der Waals surface area contributed by atoms with Crippen LogP contribution in [0.25, 0.3) is 0 Å². The largest absolute Gasteiger partial charge is 0.493 e. The molecule has 1 aliphatic heterocycles. The molecule has 0 aliphatic carbocycles. The van der Waals surface area contributed by atoms with Gasteiger partial charge in [-0.05, 0) is 63.8 Å². The number of carbonyl (C=O) groups excluding carboxylic acids is 1. The molecular weight excluding hydrogens is 577 g/mol. The van der Waals surface area contributed by atoms with E-state index >= 15 is 0 Å². The minimum Gasteiger partial charge on any atom is -0.493 e. The molecule has 2 aromatic carbocycles. The number of rotatable bonds is 8. The maximum Gasteiger partial charge on any atom is 0.416 e. The van der Waals surface area contributed by atoms with Crippen molar-refractivity contribution in [1.29, 1.82) is 0 Å². The Labute approximate surface area is 235 Å². The molecule has 0 saturated carbocycles. The van der Waals surface area contributed by atoms with Crippen LogP contribution in [0.15, 0.2) is 47.4 Å². The van der Waals surface area contributed by atoms with E-state index in [1.54, 1.807) is 25.7 Å². The predicted octanol–water partition coefficient (Wildman–Crippen LogP) is 5.66. The maximum atomic E-state index is 13.8. The van der Waals surface area contributed by atoms with Crippen molar-refractivity contribution in [3.05, 3.63) is 53.1 Å². The zero-order chi connectivity index (χ0) is 29.9. The van der Waals surface area contributed by atoms with Gasteiger partial charge in [0.2, 0.25) is 0 Å². The van der Waals surface area contributed by atoms with Crippen molar-refractivity contribution in [2.45, 2.75) is 50.3 Å². The average Bonchev–Trinajstić information content (AvgIpc) is 2.84. The van der Waals surface area contributed by atoms with Gasteiger partial charge < -0.3 is 19.5 Å². The maximum absolute atomic E-state index is 13.8. The smallest absolute Gasteiger partial charge is 0.416 e. The minimum atomic E-state index is -4.88. The number of ether oxygens (including phenoxy) is 2. The molecule has 1 heterocycles. The van der Waals surface area contributed by atoms with Crippen LogP contribution < -0.4 is 9.04 Å². The minimum absolute atomic E-state index is 0.000890. The van der Waals surface area contributed by atoms with Gasteiger partial charge in [0.05, 0.1) is 22.9 Å². The first-order valence-corrected chi connectivity index (χ1v) is 14.1. The summed E-state index contributed by atoms with van der Waals surface area (Å²) in [6.07, 6.45) is -4.31. The normalized spacial score (nSPS) is 15.0. The van der Waals surface area contributed by atoms with Crippen molar-refractivity contribution in [3.8, 4) is 5.75 Å². The van der Waals surface area contributed by atoms with E-state index in [2.05, 4.69) is 0 Å². The van der Waals surface area contributed by atoms with Crippen molar-refractivity contribution in [3.63, 3.8) is 0 Å². The van der Waals surface area contributed by atoms with Crippen molar-refractivity contribution >= 4 is 39.4 Å². The van der Waals surface area contributed by atoms with Crippen LogP contribution in [0, 0.1) is 5.92 Å². The number of nitrogens with zero attached hydrogens (tertiary/aromatic N) is 2. The summed E-state index contributed by atoms with van der Waals surface area (Å²) < 4.78 is 79.4. The Morgan fingerprint density at radius 3 is 2.27 bits per heavy atom. The third kappa shape index (κ3) is 8.17. The van der Waals surface area contributed by atoms with Gasteiger partial charge in [-0.2, -0.15) is 13.2 Å². The molecule has 1 fully saturated rings.